The fourth-order valence-electron chi connectivity index (χ4n) is 1.89. The van der Waals surface area contributed by atoms with Crippen LogP contribution in [0.25, 0.3) is 0 Å². The van der Waals surface area contributed by atoms with Crippen molar-refractivity contribution in [1.82, 2.24) is 15.1 Å². The first-order valence-corrected chi connectivity index (χ1v) is 6.72. The van der Waals surface area contributed by atoms with Crippen LogP contribution in [-0.4, -0.2) is 14.9 Å². The maximum Gasteiger partial charge on any atom is 0.120 e. The third kappa shape index (κ3) is 3.58. The number of rotatable bonds is 6. The van der Waals surface area contributed by atoms with Gasteiger partial charge in [-0.15, -0.1) is 0 Å². The van der Waals surface area contributed by atoms with Gasteiger partial charge >= 0.3 is 0 Å². The Morgan fingerprint density at radius 3 is 2.79 bits per heavy atom. The van der Waals surface area contributed by atoms with Gasteiger partial charge in [-0.1, -0.05) is 25.1 Å². The van der Waals surface area contributed by atoms with E-state index in [4.69, 9.17) is 0 Å². The minimum absolute atomic E-state index is 0.333. The highest BCUT2D eigenvalue weighted by Crippen LogP contribution is 2.15. The lowest BCUT2D eigenvalue weighted by molar-refractivity contribution is 0.461. The lowest BCUT2D eigenvalue weighted by Gasteiger charge is -2.08. The van der Waals surface area contributed by atoms with Crippen LogP contribution in [0.4, 0.5) is 0 Å². The Morgan fingerprint density at radius 1 is 1.26 bits per heavy atom. The highest BCUT2D eigenvalue weighted by Gasteiger charge is 2.04. The van der Waals surface area contributed by atoms with Crippen molar-refractivity contribution in [3.8, 4) is 5.75 Å². The number of benzene rings is 1. The summed E-state index contributed by atoms with van der Waals surface area (Å²) in [7, 11) is 0. The number of phenolic OH excluding ortho intramolecular Hbond substituents is 1. The Morgan fingerprint density at radius 2 is 2.05 bits per heavy atom. The van der Waals surface area contributed by atoms with E-state index >= 15 is 0 Å². The topological polar surface area (TPSA) is 50.1 Å². The van der Waals surface area contributed by atoms with Crippen LogP contribution in [0.1, 0.15) is 37.6 Å². The molecule has 4 nitrogen and oxygen atoms in total. The molecule has 0 spiro atoms. The van der Waals surface area contributed by atoms with Crippen molar-refractivity contribution in [2.75, 3.05) is 0 Å². The Labute approximate surface area is 114 Å². The Kier molecular flexibility index (Phi) is 4.58. The minimum atomic E-state index is 0.333. The fourth-order valence-corrected chi connectivity index (χ4v) is 1.89. The molecule has 0 saturated carbocycles. The second-order valence-corrected chi connectivity index (χ2v) is 4.78. The molecule has 102 valence electrons. The number of hydrogen-bond donors (Lipinski definition) is 2. The first-order chi connectivity index (χ1) is 9.20. The molecule has 1 aromatic heterocycles. The molecule has 1 atom stereocenters. The molecule has 2 N–H and O–H groups in total. The predicted octanol–water partition coefficient (Wildman–Crippen LogP) is 2.85. The number of nitrogens with one attached hydrogen (secondary N) is 1. The molecule has 4 heteroatoms. The maximum absolute atomic E-state index is 9.66. The fraction of sp³-hybridized carbons (Fsp3) is 0.400. The second kappa shape index (κ2) is 6.38. The standard InChI is InChI=1S/C15H21N3O/c1-3-12(2)18-9-8-14(17-18)11-16-10-13-6-4-5-7-15(13)19/h4-9,12,16,19H,3,10-11H2,1-2H3. The van der Waals surface area contributed by atoms with Crippen LogP contribution in [-0.2, 0) is 13.1 Å². The highest BCUT2D eigenvalue weighted by atomic mass is 16.3. The molecule has 1 aromatic carbocycles. The number of aromatic hydroxyl groups is 1. The molecule has 0 fully saturated rings. The number of aromatic nitrogens is 2. The van der Waals surface area contributed by atoms with Crippen LogP contribution < -0.4 is 5.32 Å². The van der Waals surface area contributed by atoms with Crippen LogP contribution in [0.5, 0.6) is 5.75 Å². The van der Waals surface area contributed by atoms with Gasteiger partial charge < -0.3 is 10.4 Å². The number of hydrogen-bond acceptors (Lipinski definition) is 3. The molecule has 0 aliphatic carbocycles. The van der Waals surface area contributed by atoms with E-state index < -0.39 is 0 Å². The molecule has 1 unspecified atom stereocenters. The molecule has 0 radical (unpaired) electrons. The van der Waals surface area contributed by atoms with Crippen molar-refractivity contribution in [3.63, 3.8) is 0 Å². The molecule has 0 amide bonds. The van der Waals surface area contributed by atoms with Crippen LogP contribution in [0.2, 0.25) is 0 Å². The molecule has 1 heterocycles. The third-order valence-corrected chi connectivity index (χ3v) is 3.32. The van der Waals surface area contributed by atoms with Gasteiger partial charge in [0.15, 0.2) is 0 Å². The SMILES string of the molecule is CCC(C)n1ccc(CNCc2ccccc2O)n1. The molecule has 2 aromatic rings. The van der Waals surface area contributed by atoms with E-state index in [1.807, 2.05) is 35.1 Å². The summed E-state index contributed by atoms with van der Waals surface area (Å²) in [6.45, 7) is 5.66. The van der Waals surface area contributed by atoms with E-state index in [9.17, 15) is 5.11 Å². The summed E-state index contributed by atoms with van der Waals surface area (Å²) in [5.74, 6) is 0.333. The van der Waals surface area contributed by atoms with E-state index in [-0.39, 0.29) is 0 Å². The van der Waals surface area contributed by atoms with Gasteiger partial charge in [0.1, 0.15) is 5.75 Å². The summed E-state index contributed by atoms with van der Waals surface area (Å²) in [5, 5.41) is 17.5. The van der Waals surface area contributed by atoms with E-state index in [2.05, 4.69) is 24.3 Å². The lowest BCUT2D eigenvalue weighted by Crippen LogP contribution is -2.14. The molecule has 0 bridgehead atoms. The summed E-state index contributed by atoms with van der Waals surface area (Å²) in [6, 6.07) is 9.84. The first kappa shape index (κ1) is 13.6. The summed E-state index contributed by atoms with van der Waals surface area (Å²) >= 11 is 0. The Balaban J connectivity index is 1.86. The molecule has 2 rings (SSSR count). The van der Waals surface area contributed by atoms with Crippen LogP contribution in [0.15, 0.2) is 36.5 Å². The number of nitrogens with zero attached hydrogens (tertiary/aromatic N) is 2. The van der Waals surface area contributed by atoms with Gasteiger partial charge in [-0.25, -0.2) is 0 Å². The normalized spacial score (nSPS) is 12.5. The number of phenols is 1. The Bertz CT molecular complexity index is 522. The quantitative estimate of drug-likeness (QED) is 0.838. The Hall–Kier alpha value is -1.81. The third-order valence-electron chi connectivity index (χ3n) is 3.32. The van der Waals surface area contributed by atoms with Crippen molar-refractivity contribution in [2.45, 2.75) is 39.4 Å². The van der Waals surface area contributed by atoms with Crippen LogP contribution in [0.3, 0.4) is 0 Å². The molecular weight excluding hydrogens is 238 g/mol. The number of para-hydroxylation sites is 1. The van der Waals surface area contributed by atoms with E-state index in [1.54, 1.807) is 6.07 Å². The van der Waals surface area contributed by atoms with Gasteiger partial charge in [0.2, 0.25) is 0 Å². The molecular formula is C15H21N3O. The monoisotopic (exact) mass is 259 g/mol. The van der Waals surface area contributed by atoms with E-state index in [0.717, 1.165) is 17.7 Å². The van der Waals surface area contributed by atoms with Gasteiger partial charge in [-0.05, 0) is 25.5 Å². The van der Waals surface area contributed by atoms with E-state index in [1.165, 1.54) is 0 Å². The minimum Gasteiger partial charge on any atom is -0.508 e. The summed E-state index contributed by atoms with van der Waals surface area (Å²) in [4.78, 5) is 0. The van der Waals surface area contributed by atoms with Gasteiger partial charge in [0, 0.05) is 30.9 Å². The summed E-state index contributed by atoms with van der Waals surface area (Å²) in [6.07, 6.45) is 3.09. The molecule has 19 heavy (non-hydrogen) atoms. The molecule has 0 saturated heterocycles. The van der Waals surface area contributed by atoms with Gasteiger partial charge in [0.25, 0.3) is 0 Å². The second-order valence-electron chi connectivity index (χ2n) is 4.78. The molecule has 0 aliphatic heterocycles. The zero-order chi connectivity index (χ0) is 13.7. The summed E-state index contributed by atoms with van der Waals surface area (Å²) < 4.78 is 2.00. The predicted molar refractivity (Wildman–Crippen MR) is 75.9 cm³/mol. The zero-order valence-electron chi connectivity index (χ0n) is 11.5. The van der Waals surface area contributed by atoms with Gasteiger partial charge in [-0.3, -0.25) is 4.68 Å². The average molecular weight is 259 g/mol. The van der Waals surface area contributed by atoms with Crippen molar-refractivity contribution < 1.29 is 5.11 Å². The smallest absolute Gasteiger partial charge is 0.120 e. The van der Waals surface area contributed by atoms with Crippen molar-refractivity contribution >= 4 is 0 Å². The first-order valence-electron chi connectivity index (χ1n) is 6.72. The van der Waals surface area contributed by atoms with Gasteiger partial charge in [0.05, 0.1) is 5.69 Å². The van der Waals surface area contributed by atoms with Crippen LogP contribution in [0, 0.1) is 0 Å². The van der Waals surface area contributed by atoms with E-state index in [0.29, 0.717) is 24.9 Å². The zero-order valence-corrected chi connectivity index (χ0v) is 11.5. The largest absolute Gasteiger partial charge is 0.508 e. The molecule has 0 aliphatic rings. The average Bonchev–Trinajstić information content (AvgIpc) is 2.89. The summed E-state index contributed by atoms with van der Waals surface area (Å²) in [5.41, 5.74) is 1.93. The van der Waals surface area contributed by atoms with Crippen LogP contribution >= 0.6 is 0 Å². The van der Waals surface area contributed by atoms with Crippen molar-refractivity contribution in [1.29, 1.82) is 0 Å². The van der Waals surface area contributed by atoms with Gasteiger partial charge in [-0.2, -0.15) is 5.10 Å². The van der Waals surface area contributed by atoms with Crippen molar-refractivity contribution in [3.05, 3.63) is 47.8 Å². The van der Waals surface area contributed by atoms with Crippen molar-refractivity contribution in [2.24, 2.45) is 0 Å². The maximum atomic E-state index is 9.66. The highest BCUT2D eigenvalue weighted by molar-refractivity contribution is 5.31. The lowest BCUT2D eigenvalue weighted by atomic mass is 10.2.